The van der Waals surface area contributed by atoms with Crippen molar-refractivity contribution in [2.75, 3.05) is 18.0 Å². The number of aryl methyl sites for hydroxylation is 1. The van der Waals surface area contributed by atoms with Crippen LogP contribution in [-0.2, 0) is 4.74 Å². The predicted molar refractivity (Wildman–Crippen MR) is 91.2 cm³/mol. The maximum absolute atomic E-state index is 15.3. The van der Waals surface area contributed by atoms with Gasteiger partial charge in [-0.2, -0.15) is 9.78 Å². The Bertz CT molecular complexity index is 972. The van der Waals surface area contributed by atoms with Crippen molar-refractivity contribution in [1.29, 1.82) is 0 Å². The monoisotopic (exact) mass is 359 g/mol. The summed E-state index contributed by atoms with van der Waals surface area (Å²) in [5.74, 6) is 0.226. The molecule has 0 unspecified atom stereocenters. The molecule has 0 N–H and O–H groups in total. The molecular weight excluding hydrogens is 341 g/mol. The molecule has 0 saturated carbocycles. The molecule has 3 aromatic rings. The van der Waals surface area contributed by atoms with E-state index in [4.69, 9.17) is 9.26 Å². The molecule has 1 aromatic carbocycles. The van der Waals surface area contributed by atoms with E-state index in [2.05, 4.69) is 15.2 Å². The fourth-order valence-electron chi connectivity index (χ4n) is 3.42. The third-order valence-electron chi connectivity index (χ3n) is 4.38. The third-order valence-corrected chi connectivity index (χ3v) is 4.38. The molecule has 1 aliphatic rings. The number of carbonyl (C=O) groups is 1. The molecule has 9 heteroatoms. The molecule has 0 aliphatic carbocycles. The van der Waals surface area contributed by atoms with Gasteiger partial charge in [0.05, 0.1) is 23.3 Å². The molecular formula is C17H18FN5O3. The second-order valence-electron chi connectivity index (χ2n) is 6.53. The van der Waals surface area contributed by atoms with Crippen LogP contribution in [0.1, 0.15) is 30.0 Å². The normalized spacial score (nSPS) is 20.7. The van der Waals surface area contributed by atoms with Crippen LogP contribution >= 0.6 is 0 Å². The van der Waals surface area contributed by atoms with Crippen molar-refractivity contribution in [3.63, 3.8) is 0 Å². The van der Waals surface area contributed by atoms with Gasteiger partial charge in [-0.05, 0) is 26.8 Å². The maximum atomic E-state index is 15.3. The average molecular weight is 359 g/mol. The first-order chi connectivity index (χ1) is 12.5. The number of nitrogens with zero attached hydrogens (tertiary/aromatic N) is 5. The Kier molecular flexibility index (Phi) is 3.95. The summed E-state index contributed by atoms with van der Waals surface area (Å²) in [7, 11) is 0. The van der Waals surface area contributed by atoms with E-state index in [1.165, 1.54) is 11.0 Å². The maximum Gasteiger partial charge on any atom is 0.206 e. The number of rotatable bonds is 3. The number of anilines is 1. The van der Waals surface area contributed by atoms with E-state index in [1.807, 2.05) is 18.7 Å². The summed E-state index contributed by atoms with van der Waals surface area (Å²) >= 11 is 0. The number of morpholine rings is 1. The Labute approximate surface area is 148 Å². The molecule has 0 radical (unpaired) electrons. The number of fused-ring (bicyclic) bond motifs is 1. The fraction of sp³-hybridized carbons (Fsp3) is 0.412. The van der Waals surface area contributed by atoms with Gasteiger partial charge in [-0.3, -0.25) is 4.79 Å². The number of ether oxygens (including phenoxy) is 1. The molecule has 1 fully saturated rings. The molecule has 0 spiro atoms. The Morgan fingerprint density at radius 1 is 1.31 bits per heavy atom. The quantitative estimate of drug-likeness (QED) is 0.663. The van der Waals surface area contributed by atoms with E-state index in [9.17, 15) is 4.79 Å². The average Bonchev–Trinajstić information content (AvgIpc) is 3.19. The Balaban J connectivity index is 1.87. The zero-order valence-corrected chi connectivity index (χ0v) is 14.6. The van der Waals surface area contributed by atoms with Gasteiger partial charge >= 0.3 is 0 Å². The molecule has 1 aliphatic heterocycles. The summed E-state index contributed by atoms with van der Waals surface area (Å²) in [6.07, 6.45) is 1.96. The number of carbonyl (C=O) groups excluding carboxylic acids is 1. The van der Waals surface area contributed by atoms with Crippen LogP contribution in [0.5, 0.6) is 0 Å². The lowest BCUT2D eigenvalue weighted by Crippen LogP contribution is -2.46. The van der Waals surface area contributed by atoms with Crippen molar-refractivity contribution in [3.8, 4) is 5.82 Å². The first-order valence-electron chi connectivity index (χ1n) is 8.34. The van der Waals surface area contributed by atoms with Gasteiger partial charge < -0.3 is 14.2 Å². The van der Waals surface area contributed by atoms with Crippen molar-refractivity contribution in [3.05, 3.63) is 29.6 Å². The molecule has 26 heavy (non-hydrogen) atoms. The van der Waals surface area contributed by atoms with Gasteiger partial charge in [0.1, 0.15) is 12.2 Å². The summed E-state index contributed by atoms with van der Waals surface area (Å²) in [4.78, 5) is 17.5. The van der Waals surface area contributed by atoms with Crippen LogP contribution in [0.15, 0.2) is 16.9 Å². The number of hydrogen-bond acceptors (Lipinski definition) is 7. The zero-order valence-electron chi connectivity index (χ0n) is 14.6. The van der Waals surface area contributed by atoms with E-state index in [-0.39, 0.29) is 34.9 Å². The standard InChI is InChI=1S/C17H18FN5O3/c1-9-5-22(6-10(2)25-9)15-12(7-24)4-13-16(14(15)18)26-21-17(13)23-8-19-11(3)20-23/h4,7-10H,5-6H2,1-3H3/t9-,10+. The van der Waals surface area contributed by atoms with Gasteiger partial charge in [0.15, 0.2) is 12.1 Å². The molecule has 1 saturated heterocycles. The molecule has 2 aromatic heterocycles. The summed E-state index contributed by atoms with van der Waals surface area (Å²) in [6, 6.07) is 1.58. The van der Waals surface area contributed by atoms with Crippen molar-refractivity contribution < 1.29 is 18.4 Å². The SMILES string of the molecule is Cc1ncn(-c2noc3c(F)c(N4C[C@@H](C)O[C@@H](C)C4)c(C=O)cc23)n1. The Morgan fingerprint density at radius 3 is 2.65 bits per heavy atom. The van der Waals surface area contributed by atoms with Crippen LogP contribution < -0.4 is 4.90 Å². The smallest absolute Gasteiger partial charge is 0.206 e. The van der Waals surface area contributed by atoms with Crippen LogP contribution in [0.25, 0.3) is 16.8 Å². The highest BCUT2D eigenvalue weighted by Crippen LogP contribution is 2.35. The van der Waals surface area contributed by atoms with Crippen LogP contribution in [0, 0.1) is 12.7 Å². The van der Waals surface area contributed by atoms with E-state index < -0.39 is 5.82 Å². The van der Waals surface area contributed by atoms with Crippen molar-refractivity contribution >= 4 is 22.9 Å². The first-order valence-corrected chi connectivity index (χ1v) is 8.34. The minimum atomic E-state index is -0.610. The Morgan fingerprint density at radius 2 is 2.04 bits per heavy atom. The zero-order chi connectivity index (χ0) is 18.4. The van der Waals surface area contributed by atoms with Crippen LogP contribution in [0.4, 0.5) is 10.1 Å². The minimum Gasteiger partial charge on any atom is -0.372 e. The lowest BCUT2D eigenvalue weighted by Gasteiger charge is -2.37. The second kappa shape index (κ2) is 6.17. The number of aromatic nitrogens is 4. The Hall–Kier alpha value is -2.81. The minimum absolute atomic E-state index is 0.0134. The highest BCUT2D eigenvalue weighted by molar-refractivity contribution is 5.97. The number of hydrogen-bond donors (Lipinski definition) is 0. The van der Waals surface area contributed by atoms with Crippen molar-refractivity contribution in [2.45, 2.75) is 33.0 Å². The summed E-state index contributed by atoms with van der Waals surface area (Å²) < 4.78 is 27.6. The van der Waals surface area contributed by atoms with Crippen molar-refractivity contribution in [2.24, 2.45) is 0 Å². The molecule has 8 nitrogen and oxygen atoms in total. The summed E-state index contributed by atoms with van der Waals surface area (Å²) in [6.45, 7) is 6.53. The van der Waals surface area contributed by atoms with E-state index >= 15 is 4.39 Å². The van der Waals surface area contributed by atoms with Crippen LogP contribution in [0.3, 0.4) is 0 Å². The lowest BCUT2D eigenvalue weighted by molar-refractivity contribution is -0.00543. The molecule has 4 rings (SSSR count). The van der Waals surface area contributed by atoms with Gasteiger partial charge in [0.2, 0.25) is 11.4 Å². The van der Waals surface area contributed by atoms with Crippen LogP contribution in [0.2, 0.25) is 0 Å². The van der Waals surface area contributed by atoms with Crippen molar-refractivity contribution in [1.82, 2.24) is 19.9 Å². The molecule has 0 bridgehead atoms. The van der Waals surface area contributed by atoms with Gasteiger partial charge in [-0.25, -0.2) is 9.37 Å². The number of aldehydes is 1. The first kappa shape index (κ1) is 16.6. The molecule has 136 valence electrons. The summed E-state index contributed by atoms with van der Waals surface area (Å²) in [5.41, 5.74) is 0.435. The molecule has 3 heterocycles. The van der Waals surface area contributed by atoms with Gasteiger partial charge in [0.25, 0.3) is 0 Å². The predicted octanol–water partition coefficient (Wildman–Crippen LogP) is 2.28. The highest BCUT2D eigenvalue weighted by atomic mass is 19.1. The van der Waals surface area contributed by atoms with Gasteiger partial charge in [0, 0.05) is 18.7 Å². The number of benzene rings is 1. The fourth-order valence-corrected chi connectivity index (χ4v) is 3.42. The highest BCUT2D eigenvalue weighted by Gasteiger charge is 2.29. The van der Waals surface area contributed by atoms with E-state index in [1.54, 1.807) is 13.0 Å². The topological polar surface area (TPSA) is 86.3 Å². The number of halogens is 1. The summed E-state index contributed by atoms with van der Waals surface area (Å²) in [5, 5.41) is 8.45. The van der Waals surface area contributed by atoms with Gasteiger partial charge in [-0.1, -0.05) is 5.16 Å². The largest absolute Gasteiger partial charge is 0.372 e. The molecule has 2 atom stereocenters. The van der Waals surface area contributed by atoms with E-state index in [0.717, 1.165) is 0 Å². The molecule has 0 amide bonds. The second-order valence-corrected chi connectivity index (χ2v) is 6.53. The lowest BCUT2D eigenvalue weighted by atomic mass is 10.1. The van der Waals surface area contributed by atoms with Gasteiger partial charge in [-0.15, -0.1) is 0 Å². The third kappa shape index (κ3) is 2.64. The van der Waals surface area contributed by atoms with E-state index in [0.29, 0.717) is 30.6 Å². The van der Waals surface area contributed by atoms with Crippen LogP contribution in [-0.4, -0.2) is 51.5 Å².